The lowest BCUT2D eigenvalue weighted by atomic mass is 10.4. The molecule has 2 aromatic heterocycles. The summed E-state index contributed by atoms with van der Waals surface area (Å²) in [5.41, 5.74) is 6.95. The van der Waals surface area contributed by atoms with Gasteiger partial charge in [-0.3, -0.25) is 0 Å². The zero-order valence-electron chi connectivity index (χ0n) is 13.7. The van der Waals surface area contributed by atoms with E-state index in [9.17, 15) is 4.89 Å². The van der Waals surface area contributed by atoms with E-state index in [1.54, 1.807) is 13.4 Å². The number of hydrogen-bond acceptors (Lipinski definition) is 8. The van der Waals surface area contributed by atoms with Crippen molar-refractivity contribution in [1.29, 1.82) is 0 Å². The van der Waals surface area contributed by atoms with Crippen LogP contribution in [0.4, 0.5) is 5.82 Å². The summed E-state index contributed by atoms with van der Waals surface area (Å²) < 4.78 is 17.7. The van der Waals surface area contributed by atoms with Gasteiger partial charge in [-0.15, -0.1) is 0 Å². The van der Waals surface area contributed by atoms with Crippen molar-refractivity contribution < 1.29 is 18.9 Å². The van der Waals surface area contributed by atoms with Gasteiger partial charge in [0.2, 0.25) is 6.49 Å². The summed E-state index contributed by atoms with van der Waals surface area (Å²) in [7, 11) is 1.61. The predicted molar refractivity (Wildman–Crippen MR) is 94.1 cm³/mol. The van der Waals surface area contributed by atoms with Gasteiger partial charge in [0.15, 0.2) is 11.5 Å². The van der Waals surface area contributed by atoms with Crippen molar-refractivity contribution >= 4 is 35.3 Å². The third-order valence-corrected chi connectivity index (χ3v) is 4.89. The fourth-order valence-electron chi connectivity index (χ4n) is 2.03. The van der Waals surface area contributed by atoms with Gasteiger partial charge in [0.05, 0.1) is 25.6 Å². The molecule has 0 bridgehead atoms. The van der Waals surface area contributed by atoms with E-state index < -0.39 is 6.49 Å². The van der Waals surface area contributed by atoms with E-state index >= 15 is 0 Å². The molecule has 1 unspecified atom stereocenters. The topological polar surface area (TPSA) is 118 Å². The van der Waals surface area contributed by atoms with Gasteiger partial charge in [0, 0.05) is 13.7 Å². The van der Waals surface area contributed by atoms with Crippen LogP contribution in [0.15, 0.2) is 12.7 Å². The monoisotopic (exact) mass is 375 g/mol. The maximum atomic E-state index is 10.1. The summed E-state index contributed by atoms with van der Waals surface area (Å²) in [6.45, 7) is 0.326. The second kappa shape index (κ2) is 8.80. The molecule has 134 valence electrons. The van der Waals surface area contributed by atoms with E-state index in [0.717, 1.165) is 0 Å². The smallest absolute Gasteiger partial charge is 0.211 e. The van der Waals surface area contributed by atoms with Gasteiger partial charge in [0.25, 0.3) is 0 Å². The SMILES string of the molecule is COCCCOP(O)(=S)CO[C@H](C)Cn1cnc2c(N)ncnc21. The summed E-state index contributed by atoms with van der Waals surface area (Å²) in [5, 5.41) is 0. The molecule has 0 spiro atoms. The van der Waals surface area contributed by atoms with Crippen LogP contribution in [0.5, 0.6) is 0 Å². The first kappa shape index (κ1) is 19.2. The molecule has 0 aliphatic rings. The first-order valence-electron chi connectivity index (χ1n) is 7.41. The minimum atomic E-state index is -2.95. The van der Waals surface area contributed by atoms with Gasteiger partial charge < -0.3 is 29.2 Å². The third kappa shape index (κ3) is 5.44. The number of ether oxygens (including phenoxy) is 2. The Morgan fingerprint density at radius 1 is 1.38 bits per heavy atom. The molecule has 0 radical (unpaired) electrons. The normalized spacial score (nSPS) is 15.5. The Hall–Kier alpha value is -1.16. The van der Waals surface area contributed by atoms with Crippen LogP contribution < -0.4 is 5.73 Å². The van der Waals surface area contributed by atoms with Gasteiger partial charge >= 0.3 is 0 Å². The van der Waals surface area contributed by atoms with Crippen LogP contribution in [-0.2, 0) is 32.3 Å². The molecule has 0 saturated heterocycles. The molecule has 2 heterocycles. The van der Waals surface area contributed by atoms with Crippen molar-refractivity contribution in [3.05, 3.63) is 12.7 Å². The highest BCUT2D eigenvalue weighted by atomic mass is 32.5. The fourth-order valence-corrected chi connectivity index (χ4v) is 3.37. The van der Waals surface area contributed by atoms with Crippen molar-refractivity contribution in [3.63, 3.8) is 0 Å². The molecule has 0 fully saturated rings. The summed E-state index contributed by atoms with van der Waals surface area (Å²) in [6.07, 6.45) is 3.47. The van der Waals surface area contributed by atoms with Crippen LogP contribution >= 0.6 is 6.49 Å². The molecule has 3 N–H and O–H groups in total. The van der Waals surface area contributed by atoms with Gasteiger partial charge in [-0.05, 0) is 25.2 Å². The third-order valence-electron chi connectivity index (χ3n) is 3.19. The largest absolute Gasteiger partial charge is 0.385 e. The summed E-state index contributed by atoms with van der Waals surface area (Å²) >= 11 is 5.08. The Bertz CT molecular complexity index is 713. The zero-order chi connectivity index (χ0) is 17.6. The number of anilines is 1. The average Bonchev–Trinajstić information content (AvgIpc) is 2.94. The number of aromatic nitrogens is 4. The molecule has 0 aliphatic carbocycles. The van der Waals surface area contributed by atoms with Crippen LogP contribution in [0.25, 0.3) is 11.2 Å². The standard InChI is InChI=1S/C13H22N5O4PS/c1-10(21-9-23(19,24)22-5-3-4-20-2)6-18-8-17-11-12(14)15-7-16-13(11)18/h7-8,10H,3-6,9H2,1-2H3,(H,19,24)(H2,14,15,16)/t10-,23?/m1/s1. The Morgan fingerprint density at radius 3 is 2.92 bits per heavy atom. The molecular formula is C13H22N5O4PS. The summed E-state index contributed by atoms with van der Waals surface area (Å²) in [4.78, 5) is 22.4. The number of nitrogens with two attached hydrogens (primary N) is 1. The molecule has 2 atom stereocenters. The maximum absolute atomic E-state index is 10.1. The van der Waals surface area contributed by atoms with E-state index in [1.165, 1.54) is 6.33 Å². The molecular weight excluding hydrogens is 353 g/mol. The quantitative estimate of drug-likeness (QED) is 0.465. The molecule has 2 rings (SSSR count). The minimum Gasteiger partial charge on any atom is -0.385 e. The Kier molecular flexibility index (Phi) is 7.02. The lowest BCUT2D eigenvalue weighted by molar-refractivity contribution is 0.0776. The molecule has 24 heavy (non-hydrogen) atoms. The second-order valence-electron chi connectivity index (χ2n) is 5.25. The Morgan fingerprint density at radius 2 is 2.17 bits per heavy atom. The molecule has 11 heteroatoms. The lowest BCUT2D eigenvalue weighted by Gasteiger charge is -2.19. The van der Waals surface area contributed by atoms with Crippen molar-refractivity contribution in [1.82, 2.24) is 19.5 Å². The van der Waals surface area contributed by atoms with Crippen molar-refractivity contribution in [2.75, 3.05) is 32.4 Å². The van der Waals surface area contributed by atoms with Crippen molar-refractivity contribution in [2.24, 2.45) is 0 Å². The maximum Gasteiger partial charge on any atom is 0.211 e. The summed E-state index contributed by atoms with van der Waals surface area (Å²) in [6, 6.07) is 0. The van der Waals surface area contributed by atoms with Gasteiger partial charge in [-0.1, -0.05) is 0 Å². The van der Waals surface area contributed by atoms with Gasteiger partial charge in [0.1, 0.15) is 18.2 Å². The van der Waals surface area contributed by atoms with E-state index in [0.29, 0.717) is 43.2 Å². The summed E-state index contributed by atoms with van der Waals surface area (Å²) in [5.74, 6) is 0.336. The fraction of sp³-hybridized carbons (Fsp3) is 0.615. The van der Waals surface area contributed by atoms with Crippen LogP contribution in [0, 0.1) is 0 Å². The van der Waals surface area contributed by atoms with Crippen molar-refractivity contribution in [2.45, 2.75) is 26.0 Å². The molecule has 0 aromatic carbocycles. The van der Waals surface area contributed by atoms with E-state index in [2.05, 4.69) is 15.0 Å². The minimum absolute atomic E-state index is 0.0137. The Balaban J connectivity index is 1.85. The van der Waals surface area contributed by atoms with Gasteiger partial charge in [-0.25, -0.2) is 15.0 Å². The van der Waals surface area contributed by atoms with Crippen LogP contribution in [0.1, 0.15) is 13.3 Å². The lowest BCUT2D eigenvalue weighted by Crippen LogP contribution is -2.17. The Labute approximate surface area is 145 Å². The van der Waals surface area contributed by atoms with Crippen LogP contribution in [-0.4, -0.2) is 57.2 Å². The number of methoxy groups -OCH3 is 1. The molecule has 0 saturated carbocycles. The first-order valence-corrected chi connectivity index (χ1v) is 10.3. The van der Waals surface area contributed by atoms with E-state index in [-0.39, 0.29) is 12.5 Å². The number of nitrogen functional groups attached to an aromatic ring is 1. The van der Waals surface area contributed by atoms with Crippen LogP contribution in [0.3, 0.4) is 0 Å². The highest BCUT2D eigenvalue weighted by molar-refractivity contribution is 8.09. The number of imidazole rings is 1. The number of fused-ring (bicyclic) bond motifs is 1. The number of hydrogen-bond donors (Lipinski definition) is 2. The van der Waals surface area contributed by atoms with E-state index in [4.69, 9.17) is 31.5 Å². The molecule has 2 aromatic rings. The van der Waals surface area contributed by atoms with Crippen LogP contribution in [0.2, 0.25) is 0 Å². The predicted octanol–water partition coefficient (Wildman–Crippen LogP) is 1.13. The first-order chi connectivity index (χ1) is 11.4. The second-order valence-corrected chi connectivity index (χ2v) is 8.75. The van der Waals surface area contributed by atoms with E-state index in [1.807, 2.05) is 11.5 Å². The highest BCUT2D eigenvalue weighted by Gasteiger charge is 2.17. The van der Waals surface area contributed by atoms with Gasteiger partial charge in [-0.2, -0.15) is 0 Å². The van der Waals surface area contributed by atoms with Crippen molar-refractivity contribution in [3.8, 4) is 0 Å². The number of nitrogens with zero attached hydrogens (tertiary/aromatic N) is 4. The zero-order valence-corrected chi connectivity index (χ0v) is 15.4. The highest BCUT2D eigenvalue weighted by Crippen LogP contribution is 2.42. The molecule has 0 aliphatic heterocycles. The molecule has 9 nitrogen and oxygen atoms in total. The average molecular weight is 375 g/mol. The number of rotatable bonds is 10. The molecule has 0 amide bonds.